The molecular weight excluding hydrogens is 280 g/mol. The van der Waals surface area contributed by atoms with Gasteiger partial charge in [-0.25, -0.2) is 0 Å². The summed E-state index contributed by atoms with van der Waals surface area (Å²) in [5, 5.41) is 24.0. The first-order chi connectivity index (χ1) is 10.5. The second-order valence-corrected chi connectivity index (χ2v) is 5.09. The van der Waals surface area contributed by atoms with E-state index in [2.05, 4.69) is 10.6 Å². The van der Waals surface area contributed by atoms with Gasteiger partial charge in [-0.15, -0.1) is 0 Å². The minimum absolute atomic E-state index is 0.286. The molecule has 0 heterocycles. The highest BCUT2D eigenvalue weighted by Gasteiger charge is 2.01. The Hall–Kier alpha value is -2.44. The van der Waals surface area contributed by atoms with E-state index >= 15 is 0 Å². The molecule has 6 heteroatoms. The van der Waals surface area contributed by atoms with E-state index in [1.807, 2.05) is 30.3 Å². The number of aliphatic hydroxyl groups is 2. The van der Waals surface area contributed by atoms with Gasteiger partial charge in [0.05, 0.1) is 0 Å². The Balaban J connectivity index is 1.87. The van der Waals surface area contributed by atoms with Gasteiger partial charge in [0.1, 0.15) is 0 Å². The van der Waals surface area contributed by atoms with Gasteiger partial charge in [-0.05, 0) is 48.0 Å². The quantitative estimate of drug-likeness (QED) is 0.341. The molecule has 0 amide bonds. The Kier molecular flexibility index (Phi) is 5.46. The van der Waals surface area contributed by atoms with Crippen LogP contribution in [0.4, 0.5) is 22.7 Å². The van der Waals surface area contributed by atoms with Crippen molar-refractivity contribution >= 4 is 22.7 Å². The summed E-state index contributed by atoms with van der Waals surface area (Å²) in [5.41, 5.74) is 15.9. The maximum absolute atomic E-state index is 8.78. The van der Waals surface area contributed by atoms with Crippen molar-refractivity contribution in [1.82, 2.24) is 0 Å². The summed E-state index contributed by atoms with van der Waals surface area (Å²) in [6, 6.07) is 13.2. The van der Waals surface area contributed by atoms with Gasteiger partial charge < -0.3 is 32.3 Å². The van der Waals surface area contributed by atoms with Crippen LogP contribution in [-0.2, 0) is 6.54 Å². The number of anilines is 4. The molecule has 2 aromatic carbocycles. The Morgan fingerprint density at radius 1 is 0.909 bits per heavy atom. The van der Waals surface area contributed by atoms with Crippen molar-refractivity contribution in [2.75, 3.05) is 28.6 Å². The van der Waals surface area contributed by atoms with Crippen LogP contribution in [-0.4, -0.2) is 23.0 Å². The molecule has 0 aliphatic carbocycles. The van der Waals surface area contributed by atoms with E-state index in [0.29, 0.717) is 24.5 Å². The van der Waals surface area contributed by atoms with Gasteiger partial charge in [0.15, 0.2) is 6.29 Å². The van der Waals surface area contributed by atoms with E-state index in [-0.39, 0.29) is 6.42 Å². The number of benzene rings is 2. The third kappa shape index (κ3) is 4.83. The number of hydrogen-bond acceptors (Lipinski definition) is 6. The molecule has 8 N–H and O–H groups in total. The first-order valence-corrected chi connectivity index (χ1v) is 7.12. The molecule has 6 nitrogen and oxygen atoms in total. The van der Waals surface area contributed by atoms with Crippen molar-refractivity contribution in [3.63, 3.8) is 0 Å². The predicted molar refractivity (Wildman–Crippen MR) is 90.4 cm³/mol. The second-order valence-electron chi connectivity index (χ2n) is 5.09. The normalized spacial score (nSPS) is 10.7. The molecule has 0 fully saturated rings. The third-order valence-electron chi connectivity index (χ3n) is 3.27. The third-order valence-corrected chi connectivity index (χ3v) is 3.27. The van der Waals surface area contributed by atoms with Crippen LogP contribution in [0.2, 0.25) is 0 Å². The lowest BCUT2D eigenvalue weighted by Gasteiger charge is -2.11. The van der Waals surface area contributed by atoms with Crippen molar-refractivity contribution in [3.8, 4) is 0 Å². The molecule has 0 saturated heterocycles. The highest BCUT2D eigenvalue weighted by atomic mass is 16.5. The van der Waals surface area contributed by atoms with Crippen LogP contribution in [0.15, 0.2) is 42.5 Å². The lowest BCUT2D eigenvalue weighted by atomic mass is 10.1. The fourth-order valence-corrected chi connectivity index (χ4v) is 2.03. The molecule has 0 saturated carbocycles. The fraction of sp³-hybridized carbons (Fsp3) is 0.250. The monoisotopic (exact) mass is 302 g/mol. The number of hydrogen-bond donors (Lipinski definition) is 6. The van der Waals surface area contributed by atoms with Crippen LogP contribution in [0.3, 0.4) is 0 Å². The zero-order valence-electron chi connectivity index (χ0n) is 12.3. The summed E-state index contributed by atoms with van der Waals surface area (Å²) >= 11 is 0. The lowest BCUT2D eigenvalue weighted by molar-refractivity contribution is -0.0423. The SMILES string of the molecule is Nc1ccc(N)c(CNc2ccc(NCCC(O)O)cc2)c1. The van der Waals surface area contributed by atoms with Crippen LogP contribution in [0.25, 0.3) is 0 Å². The van der Waals surface area contributed by atoms with E-state index < -0.39 is 6.29 Å². The summed E-state index contributed by atoms with van der Waals surface area (Å²) < 4.78 is 0. The molecule has 2 aromatic rings. The van der Waals surface area contributed by atoms with Gasteiger partial charge in [-0.2, -0.15) is 0 Å². The van der Waals surface area contributed by atoms with Crippen LogP contribution in [0.5, 0.6) is 0 Å². The van der Waals surface area contributed by atoms with Crippen molar-refractivity contribution in [2.24, 2.45) is 0 Å². The average Bonchev–Trinajstić information content (AvgIpc) is 2.49. The molecule has 0 bridgehead atoms. The van der Waals surface area contributed by atoms with Gasteiger partial charge in [-0.1, -0.05) is 0 Å². The topological polar surface area (TPSA) is 117 Å². The smallest absolute Gasteiger partial charge is 0.153 e. The van der Waals surface area contributed by atoms with Crippen LogP contribution < -0.4 is 22.1 Å². The molecular formula is C16H22N4O2. The summed E-state index contributed by atoms with van der Waals surface area (Å²) in [6.07, 6.45) is -0.994. The Labute approximate surface area is 129 Å². The van der Waals surface area contributed by atoms with E-state index in [9.17, 15) is 0 Å². The lowest BCUT2D eigenvalue weighted by Crippen LogP contribution is -2.12. The number of rotatable bonds is 7. The highest BCUT2D eigenvalue weighted by molar-refractivity contribution is 5.58. The molecule has 118 valence electrons. The van der Waals surface area contributed by atoms with Crippen LogP contribution in [0, 0.1) is 0 Å². The molecule has 0 aromatic heterocycles. The number of nitrogens with one attached hydrogen (secondary N) is 2. The van der Waals surface area contributed by atoms with Crippen LogP contribution in [0.1, 0.15) is 12.0 Å². The standard InChI is InChI=1S/C16H22N4O2/c17-12-1-6-15(18)11(9-12)10-20-14-4-2-13(3-5-14)19-8-7-16(21)22/h1-6,9,16,19-22H,7-8,10,17-18H2. The van der Waals surface area contributed by atoms with E-state index in [1.165, 1.54) is 0 Å². The van der Waals surface area contributed by atoms with Gasteiger partial charge in [0, 0.05) is 42.3 Å². The zero-order valence-corrected chi connectivity index (χ0v) is 12.3. The summed E-state index contributed by atoms with van der Waals surface area (Å²) in [7, 11) is 0. The van der Waals surface area contributed by atoms with Crippen molar-refractivity contribution < 1.29 is 10.2 Å². The van der Waals surface area contributed by atoms with E-state index in [4.69, 9.17) is 21.7 Å². The molecule has 22 heavy (non-hydrogen) atoms. The maximum atomic E-state index is 8.78. The second kappa shape index (κ2) is 7.53. The number of nitrogen functional groups attached to an aromatic ring is 2. The predicted octanol–water partition coefficient (Wildman–Crippen LogP) is 1.58. The van der Waals surface area contributed by atoms with Crippen molar-refractivity contribution in [1.29, 1.82) is 0 Å². The molecule has 0 aliphatic heterocycles. The van der Waals surface area contributed by atoms with E-state index in [0.717, 1.165) is 16.9 Å². The fourth-order valence-electron chi connectivity index (χ4n) is 2.03. The first kappa shape index (κ1) is 15.9. The number of nitrogens with two attached hydrogens (primary N) is 2. The zero-order chi connectivity index (χ0) is 15.9. The highest BCUT2D eigenvalue weighted by Crippen LogP contribution is 2.19. The Bertz CT molecular complexity index is 600. The van der Waals surface area contributed by atoms with Gasteiger partial charge >= 0.3 is 0 Å². The Morgan fingerprint density at radius 2 is 1.55 bits per heavy atom. The number of aliphatic hydroxyl groups excluding tert-OH is 1. The van der Waals surface area contributed by atoms with Gasteiger partial charge in [-0.3, -0.25) is 0 Å². The summed E-state index contributed by atoms with van der Waals surface area (Å²) in [5.74, 6) is 0. The average molecular weight is 302 g/mol. The van der Waals surface area contributed by atoms with Gasteiger partial charge in [0.25, 0.3) is 0 Å². The van der Waals surface area contributed by atoms with Crippen LogP contribution >= 0.6 is 0 Å². The largest absolute Gasteiger partial charge is 0.399 e. The van der Waals surface area contributed by atoms with E-state index in [1.54, 1.807) is 12.1 Å². The molecule has 0 atom stereocenters. The van der Waals surface area contributed by atoms with Gasteiger partial charge in [0.2, 0.25) is 0 Å². The molecule has 0 unspecified atom stereocenters. The first-order valence-electron chi connectivity index (χ1n) is 7.12. The van der Waals surface area contributed by atoms with Crippen molar-refractivity contribution in [2.45, 2.75) is 19.3 Å². The van der Waals surface area contributed by atoms with Crippen molar-refractivity contribution in [3.05, 3.63) is 48.0 Å². The Morgan fingerprint density at radius 3 is 2.18 bits per heavy atom. The molecule has 0 aliphatic rings. The minimum Gasteiger partial charge on any atom is -0.399 e. The summed E-state index contributed by atoms with van der Waals surface area (Å²) in [4.78, 5) is 0. The molecule has 2 rings (SSSR count). The maximum Gasteiger partial charge on any atom is 0.153 e. The minimum atomic E-state index is -1.28. The molecule has 0 radical (unpaired) electrons. The summed E-state index contributed by atoms with van der Waals surface area (Å²) in [6.45, 7) is 1.10. The molecule has 0 spiro atoms.